The Morgan fingerprint density at radius 1 is 0.690 bits per heavy atom. The molecule has 0 fully saturated rings. The van der Waals surface area contributed by atoms with Crippen LogP contribution in [0.1, 0.15) is 16.7 Å². The van der Waals surface area contributed by atoms with E-state index in [9.17, 15) is 0 Å². The van der Waals surface area contributed by atoms with Gasteiger partial charge in [-0.15, -0.1) is 0 Å². The van der Waals surface area contributed by atoms with Gasteiger partial charge < -0.3 is 4.66 Å². The molecule has 0 amide bonds. The fourth-order valence-electron chi connectivity index (χ4n) is 3.37. The van der Waals surface area contributed by atoms with Crippen LogP contribution in [0.15, 0.2) is 95.7 Å². The molecule has 0 heterocycles. The van der Waals surface area contributed by atoms with Crippen LogP contribution in [0.5, 0.6) is 0 Å². The predicted molar refractivity (Wildman–Crippen MR) is 128 cm³/mol. The van der Waals surface area contributed by atoms with E-state index >= 15 is 0 Å². The number of nitrogens with zero attached hydrogens (tertiary/aromatic N) is 2. The molecule has 0 saturated heterocycles. The van der Waals surface area contributed by atoms with E-state index < -0.39 is 8.24 Å². The Bertz CT molecular complexity index is 829. The zero-order valence-corrected chi connectivity index (χ0v) is 18.8. The molecule has 2 nitrogen and oxygen atoms in total. The molecule has 0 spiro atoms. The summed E-state index contributed by atoms with van der Waals surface area (Å²) in [4.78, 5) is 2.56. The van der Waals surface area contributed by atoms with E-state index in [1.165, 1.54) is 16.7 Å². The van der Waals surface area contributed by atoms with Crippen molar-refractivity contribution in [1.29, 1.82) is 0 Å². The molecule has 0 radical (unpaired) electrons. The summed E-state index contributed by atoms with van der Waals surface area (Å²) in [5.74, 6) is 0. The van der Waals surface area contributed by atoms with Crippen LogP contribution in [0.2, 0.25) is 19.6 Å². The highest BCUT2D eigenvalue weighted by Gasteiger charge is 2.20. The van der Waals surface area contributed by atoms with Crippen LogP contribution in [0.4, 0.5) is 0 Å². The van der Waals surface area contributed by atoms with E-state index in [-0.39, 0.29) is 6.04 Å². The van der Waals surface area contributed by atoms with Crippen molar-refractivity contribution in [2.75, 3.05) is 0 Å². The van der Waals surface area contributed by atoms with Crippen molar-refractivity contribution < 1.29 is 0 Å². The first-order valence-corrected chi connectivity index (χ1v) is 13.9. The molecule has 0 bridgehead atoms. The third-order valence-electron chi connectivity index (χ3n) is 4.85. The molecule has 3 aromatic rings. The summed E-state index contributed by atoms with van der Waals surface area (Å²) in [5.41, 5.74) is 4.02. The van der Waals surface area contributed by atoms with Crippen molar-refractivity contribution >= 4 is 14.5 Å². The Kier molecular flexibility index (Phi) is 7.56. The van der Waals surface area contributed by atoms with Crippen LogP contribution in [-0.4, -0.2) is 25.4 Å². The van der Waals surface area contributed by atoms with Crippen LogP contribution >= 0.6 is 0 Å². The molecule has 29 heavy (non-hydrogen) atoms. The zero-order valence-electron chi connectivity index (χ0n) is 17.8. The quantitative estimate of drug-likeness (QED) is 0.308. The van der Waals surface area contributed by atoms with Gasteiger partial charge in [0.15, 0.2) is 8.24 Å². The van der Waals surface area contributed by atoms with E-state index in [1.807, 2.05) is 0 Å². The molecule has 150 valence electrons. The van der Waals surface area contributed by atoms with Gasteiger partial charge in [0.1, 0.15) is 0 Å². The van der Waals surface area contributed by atoms with Gasteiger partial charge in [-0.05, 0) is 42.8 Å². The molecule has 0 N–H and O–H groups in total. The van der Waals surface area contributed by atoms with Gasteiger partial charge in [-0.25, -0.2) is 0 Å². The standard InChI is InChI=1S/C26H32N2Si/c1-29(2,3)27-20-26(19-23-13-7-4-8-14-23)28(21-24-15-9-5-10-16-24)22-25-17-11-6-12-18-25/h4-18,20,26H,19,21-22H2,1-3H3/b27-20+/t26-/m0/s1. The van der Waals surface area contributed by atoms with Crippen molar-refractivity contribution in [3.63, 3.8) is 0 Å². The maximum absolute atomic E-state index is 5.03. The lowest BCUT2D eigenvalue weighted by Crippen LogP contribution is -2.38. The zero-order chi connectivity index (χ0) is 20.5. The molecule has 3 aromatic carbocycles. The molecule has 0 aliphatic carbocycles. The first-order chi connectivity index (χ1) is 14.0. The molecule has 0 aromatic heterocycles. The second-order valence-corrected chi connectivity index (χ2v) is 13.2. The normalized spacial score (nSPS) is 13.1. The summed E-state index contributed by atoms with van der Waals surface area (Å²) in [6.45, 7) is 8.70. The minimum atomic E-state index is -1.52. The van der Waals surface area contributed by atoms with E-state index in [1.54, 1.807) is 0 Å². The van der Waals surface area contributed by atoms with Crippen LogP contribution in [0, 0.1) is 0 Å². The van der Waals surface area contributed by atoms with Gasteiger partial charge in [0.25, 0.3) is 0 Å². The second kappa shape index (κ2) is 10.3. The molecule has 3 heteroatoms. The molecule has 0 unspecified atom stereocenters. The lowest BCUT2D eigenvalue weighted by Gasteiger charge is -2.30. The van der Waals surface area contributed by atoms with Gasteiger partial charge in [-0.2, -0.15) is 0 Å². The van der Waals surface area contributed by atoms with Gasteiger partial charge in [0.05, 0.1) is 0 Å². The minimum Gasteiger partial charge on any atom is -0.332 e. The lowest BCUT2D eigenvalue weighted by atomic mass is 10.0. The largest absolute Gasteiger partial charge is 0.332 e. The van der Waals surface area contributed by atoms with Gasteiger partial charge in [-0.1, -0.05) is 91.0 Å². The Morgan fingerprint density at radius 2 is 1.10 bits per heavy atom. The van der Waals surface area contributed by atoms with Gasteiger partial charge in [0.2, 0.25) is 0 Å². The summed E-state index contributed by atoms with van der Waals surface area (Å²) < 4.78 is 5.03. The molecule has 0 aliphatic rings. The average Bonchev–Trinajstić information content (AvgIpc) is 2.72. The minimum absolute atomic E-state index is 0.254. The Hall–Kier alpha value is -2.49. The van der Waals surface area contributed by atoms with E-state index in [2.05, 4.69) is 122 Å². The van der Waals surface area contributed by atoms with Crippen LogP contribution in [-0.2, 0) is 19.5 Å². The first-order valence-electron chi connectivity index (χ1n) is 10.4. The number of benzene rings is 3. The number of hydrogen-bond donors (Lipinski definition) is 0. The second-order valence-electron chi connectivity index (χ2n) is 8.58. The smallest absolute Gasteiger partial charge is 0.171 e. The molecule has 0 saturated carbocycles. The van der Waals surface area contributed by atoms with Crippen molar-refractivity contribution in [3.8, 4) is 0 Å². The molecule has 1 atom stereocenters. The number of rotatable bonds is 9. The summed E-state index contributed by atoms with van der Waals surface area (Å²) in [7, 11) is -1.52. The van der Waals surface area contributed by atoms with Crippen LogP contribution < -0.4 is 0 Å². The van der Waals surface area contributed by atoms with Crippen LogP contribution in [0.3, 0.4) is 0 Å². The third kappa shape index (κ3) is 7.45. The fourth-order valence-corrected chi connectivity index (χ4v) is 3.99. The monoisotopic (exact) mass is 400 g/mol. The van der Waals surface area contributed by atoms with Crippen molar-refractivity contribution in [2.24, 2.45) is 4.66 Å². The maximum Gasteiger partial charge on any atom is 0.171 e. The highest BCUT2D eigenvalue weighted by molar-refractivity contribution is 6.75. The van der Waals surface area contributed by atoms with E-state index in [0.717, 1.165) is 19.5 Å². The first kappa shape index (κ1) is 21.2. The highest BCUT2D eigenvalue weighted by atomic mass is 28.3. The summed E-state index contributed by atoms with van der Waals surface area (Å²) in [6.07, 6.45) is 3.19. The van der Waals surface area contributed by atoms with Crippen molar-refractivity contribution in [1.82, 2.24) is 4.90 Å². The van der Waals surface area contributed by atoms with E-state index in [4.69, 9.17) is 4.66 Å². The SMILES string of the molecule is C[Si](C)(C)/N=C/[C@H](Cc1ccccc1)N(Cc1ccccc1)Cc1ccccc1. The van der Waals surface area contributed by atoms with Gasteiger partial charge in [-0.3, -0.25) is 4.90 Å². The Balaban J connectivity index is 1.91. The molecule has 3 rings (SSSR count). The number of hydrogen-bond acceptors (Lipinski definition) is 2. The van der Waals surface area contributed by atoms with Crippen LogP contribution in [0.25, 0.3) is 0 Å². The topological polar surface area (TPSA) is 15.6 Å². The van der Waals surface area contributed by atoms with E-state index in [0.29, 0.717) is 0 Å². The molecule has 0 aliphatic heterocycles. The Morgan fingerprint density at radius 3 is 1.52 bits per heavy atom. The van der Waals surface area contributed by atoms with Crippen molar-refractivity contribution in [2.45, 2.75) is 45.2 Å². The summed E-state index contributed by atoms with van der Waals surface area (Å²) >= 11 is 0. The molecular formula is C26H32N2Si. The third-order valence-corrected chi connectivity index (χ3v) is 5.77. The summed E-state index contributed by atoms with van der Waals surface area (Å²) in [5, 5.41) is 0. The average molecular weight is 401 g/mol. The Labute approximate surface area is 177 Å². The maximum atomic E-state index is 5.03. The lowest BCUT2D eigenvalue weighted by molar-refractivity contribution is 0.225. The predicted octanol–water partition coefficient (Wildman–Crippen LogP) is 6.21. The van der Waals surface area contributed by atoms with Crippen molar-refractivity contribution in [3.05, 3.63) is 108 Å². The van der Waals surface area contributed by atoms with Gasteiger partial charge >= 0.3 is 0 Å². The van der Waals surface area contributed by atoms with Gasteiger partial charge in [0, 0.05) is 25.3 Å². The summed E-state index contributed by atoms with van der Waals surface area (Å²) in [6, 6.07) is 32.6. The highest BCUT2D eigenvalue weighted by Crippen LogP contribution is 2.17. The molecular weight excluding hydrogens is 368 g/mol. The fraction of sp³-hybridized carbons (Fsp3) is 0.269.